The minimum Gasteiger partial charge on any atom is -0.493 e. The first-order valence-corrected chi connectivity index (χ1v) is 10.3. The number of aryl methyl sites for hydroxylation is 1. The number of ether oxygens (including phenoxy) is 1. The number of nitrogens with zero attached hydrogens (tertiary/aromatic N) is 2. The third-order valence-electron chi connectivity index (χ3n) is 4.60. The van der Waals surface area contributed by atoms with E-state index in [1.165, 1.54) is 16.1 Å². The number of sulfonamides is 1. The number of benzene rings is 1. The molecule has 0 aliphatic carbocycles. The van der Waals surface area contributed by atoms with E-state index in [-0.39, 0.29) is 5.91 Å². The van der Waals surface area contributed by atoms with Crippen LogP contribution in [0.1, 0.15) is 24.0 Å². The summed E-state index contributed by atoms with van der Waals surface area (Å²) in [6.45, 7) is 2.69. The van der Waals surface area contributed by atoms with E-state index in [2.05, 4.69) is 6.07 Å². The molecule has 0 saturated carbocycles. The van der Waals surface area contributed by atoms with Crippen molar-refractivity contribution in [2.75, 3.05) is 39.0 Å². The van der Waals surface area contributed by atoms with Crippen molar-refractivity contribution in [3.63, 3.8) is 0 Å². The number of rotatable bonds is 3. The predicted octanol–water partition coefficient (Wildman–Crippen LogP) is 1.05. The van der Waals surface area contributed by atoms with Gasteiger partial charge >= 0.3 is 0 Å². The Balaban J connectivity index is 1.63. The molecule has 0 spiro atoms. The van der Waals surface area contributed by atoms with Crippen LogP contribution < -0.4 is 4.74 Å². The maximum absolute atomic E-state index is 12.6. The zero-order chi connectivity index (χ0) is 17.2. The zero-order valence-corrected chi connectivity index (χ0v) is 14.8. The maximum Gasteiger partial charge on any atom is 0.227 e. The van der Waals surface area contributed by atoms with E-state index in [1.807, 2.05) is 12.1 Å². The Morgan fingerprint density at radius 3 is 2.79 bits per heavy atom. The maximum atomic E-state index is 12.6. The molecule has 0 aromatic heterocycles. The van der Waals surface area contributed by atoms with Crippen LogP contribution in [-0.2, 0) is 27.7 Å². The van der Waals surface area contributed by atoms with Crippen molar-refractivity contribution in [2.24, 2.45) is 0 Å². The van der Waals surface area contributed by atoms with E-state index >= 15 is 0 Å². The first-order chi connectivity index (χ1) is 11.4. The van der Waals surface area contributed by atoms with Gasteiger partial charge in [0.2, 0.25) is 15.9 Å². The highest BCUT2D eigenvalue weighted by Gasteiger charge is 2.24. The highest BCUT2D eigenvalue weighted by Crippen LogP contribution is 2.26. The molecule has 0 unspecified atom stereocenters. The number of hydrogen-bond acceptors (Lipinski definition) is 4. The molecule has 7 heteroatoms. The van der Waals surface area contributed by atoms with E-state index in [1.54, 1.807) is 4.90 Å². The molecule has 2 aliphatic heterocycles. The second-order valence-corrected chi connectivity index (χ2v) is 8.45. The molecule has 1 fully saturated rings. The van der Waals surface area contributed by atoms with Crippen molar-refractivity contribution in [2.45, 2.75) is 25.7 Å². The van der Waals surface area contributed by atoms with Gasteiger partial charge in [0.1, 0.15) is 5.75 Å². The monoisotopic (exact) mass is 352 g/mol. The Bertz CT molecular complexity index is 717. The average molecular weight is 352 g/mol. The van der Waals surface area contributed by atoms with E-state index in [4.69, 9.17) is 4.74 Å². The van der Waals surface area contributed by atoms with Crippen LogP contribution in [0.3, 0.4) is 0 Å². The summed E-state index contributed by atoms with van der Waals surface area (Å²) in [7, 11) is -3.19. The molecule has 1 saturated heterocycles. The second-order valence-electron chi connectivity index (χ2n) is 6.47. The van der Waals surface area contributed by atoms with Crippen molar-refractivity contribution >= 4 is 15.9 Å². The number of fused-ring (bicyclic) bond motifs is 1. The largest absolute Gasteiger partial charge is 0.493 e. The fourth-order valence-corrected chi connectivity index (χ4v) is 4.16. The van der Waals surface area contributed by atoms with Gasteiger partial charge in [-0.3, -0.25) is 4.79 Å². The topological polar surface area (TPSA) is 66.9 Å². The van der Waals surface area contributed by atoms with Gasteiger partial charge in [0.25, 0.3) is 0 Å². The van der Waals surface area contributed by atoms with Gasteiger partial charge in [-0.15, -0.1) is 0 Å². The molecular formula is C17H24N2O4S. The summed E-state index contributed by atoms with van der Waals surface area (Å²) in [6, 6.07) is 5.96. The van der Waals surface area contributed by atoms with E-state index in [0.717, 1.165) is 30.8 Å². The van der Waals surface area contributed by atoms with Gasteiger partial charge in [0.15, 0.2) is 0 Å². The van der Waals surface area contributed by atoms with Crippen LogP contribution in [0.4, 0.5) is 0 Å². The lowest BCUT2D eigenvalue weighted by atomic mass is 10.0. The molecule has 24 heavy (non-hydrogen) atoms. The Morgan fingerprint density at radius 1 is 1.17 bits per heavy atom. The van der Waals surface area contributed by atoms with E-state index < -0.39 is 10.0 Å². The summed E-state index contributed by atoms with van der Waals surface area (Å²) in [4.78, 5) is 14.4. The summed E-state index contributed by atoms with van der Waals surface area (Å²) in [5.41, 5.74) is 2.17. The van der Waals surface area contributed by atoms with Gasteiger partial charge in [-0.1, -0.05) is 12.1 Å². The van der Waals surface area contributed by atoms with Crippen LogP contribution in [0.25, 0.3) is 0 Å². The number of carbonyl (C=O) groups is 1. The molecule has 0 radical (unpaired) electrons. The van der Waals surface area contributed by atoms with Gasteiger partial charge in [-0.2, -0.15) is 0 Å². The predicted molar refractivity (Wildman–Crippen MR) is 91.6 cm³/mol. The molecule has 2 aliphatic rings. The molecule has 0 N–H and O–H groups in total. The lowest BCUT2D eigenvalue weighted by Gasteiger charge is -2.22. The Hall–Kier alpha value is -1.60. The molecule has 0 bridgehead atoms. The molecule has 1 aromatic carbocycles. The summed E-state index contributed by atoms with van der Waals surface area (Å²) >= 11 is 0. The van der Waals surface area contributed by atoms with Crippen LogP contribution in [-0.4, -0.2) is 62.6 Å². The number of hydrogen-bond donors (Lipinski definition) is 0. The lowest BCUT2D eigenvalue weighted by Crippen LogP contribution is -2.37. The minimum absolute atomic E-state index is 0.0574. The van der Waals surface area contributed by atoms with Crippen molar-refractivity contribution in [3.05, 3.63) is 29.3 Å². The fourth-order valence-electron chi connectivity index (χ4n) is 3.28. The van der Waals surface area contributed by atoms with Crippen LogP contribution >= 0.6 is 0 Å². The van der Waals surface area contributed by atoms with Crippen molar-refractivity contribution in [1.82, 2.24) is 9.21 Å². The Labute approximate surface area is 143 Å². The number of amides is 1. The first kappa shape index (κ1) is 17.2. The second kappa shape index (κ2) is 7.11. The zero-order valence-electron chi connectivity index (χ0n) is 14.0. The molecule has 2 heterocycles. The molecule has 132 valence electrons. The van der Waals surface area contributed by atoms with Crippen LogP contribution in [0, 0.1) is 0 Å². The van der Waals surface area contributed by atoms with Crippen LogP contribution in [0.2, 0.25) is 0 Å². The van der Waals surface area contributed by atoms with E-state index in [0.29, 0.717) is 39.0 Å². The minimum atomic E-state index is -3.19. The van der Waals surface area contributed by atoms with Gasteiger partial charge in [-0.25, -0.2) is 12.7 Å². The normalized spacial score (nSPS) is 19.3. The summed E-state index contributed by atoms with van der Waals surface area (Å²) in [6.07, 6.45) is 4.25. The molecule has 1 amide bonds. The standard InChI is InChI=1S/C17H24N2O4S/c1-24(21,22)19-8-3-7-18(9-10-19)17(20)13-14-5-6-16-15(12-14)4-2-11-23-16/h5-6,12H,2-4,7-11,13H2,1H3. The lowest BCUT2D eigenvalue weighted by molar-refractivity contribution is -0.130. The van der Waals surface area contributed by atoms with Gasteiger partial charge < -0.3 is 9.64 Å². The van der Waals surface area contributed by atoms with Crippen molar-refractivity contribution in [3.8, 4) is 5.75 Å². The fraction of sp³-hybridized carbons (Fsp3) is 0.588. The molecule has 0 atom stereocenters. The Kier molecular flexibility index (Phi) is 5.10. The van der Waals surface area contributed by atoms with Gasteiger partial charge in [-0.05, 0) is 36.5 Å². The SMILES string of the molecule is CS(=O)(=O)N1CCCN(C(=O)Cc2ccc3c(c2)CCCO3)CC1. The average Bonchev–Trinajstić information content (AvgIpc) is 2.80. The first-order valence-electron chi connectivity index (χ1n) is 8.41. The third-order valence-corrected chi connectivity index (χ3v) is 5.91. The quantitative estimate of drug-likeness (QED) is 0.815. The highest BCUT2D eigenvalue weighted by molar-refractivity contribution is 7.88. The van der Waals surface area contributed by atoms with E-state index in [9.17, 15) is 13.2 Å². The molecular weight excluding hydrogens is 328 g/mol. The van der Waals surface area contributed by atoms with Crippen LogP contribution in [0.5, 0.6) is 5.75 Å². The van der Waals surface area contributed by atoms with Gasteiger partial charge in [0.05, 0.1) is 19.3 Å². The molecule has 1 aromatic rings. The van der Waals surface area contributed by atoms with Crippen molar-refractivity contribution < 1.29 is 17.9 Å². The molecule has 6 nitrogen and oxygen atoms in total. The van der Waals surface area contributed by atoms with Crippen molar-refractivity contribution in [1.29, 1.82) is 0 Å². The third kappa shape index (κ3) is 4.08. The highest BCUT2D eigenvalue weighted by atomic mass is 32.2. The number of carbonyl (C=O) groups excluding carboxylic acids is 1. The van der Waals surface area contributed by atoms with Gasteiger partial charge in [0, 0.05) is 26.2 Å². The smallest absolute Gasteiger partial charge is 0.227 e. The summed E-state index contributed by atoms with van der Waals surface area (Å²) in [5, 5.41) is 0. The Morgan fingerprint density at radius 2 is 2.00 bits per heavy atom. The summed E-state index contributed by atoms with van der Waals surface area (Å²) in [5.74, 6) is 0.984. The molecule has 3 rings (SSSR count). The van der Waals surface area contributed by atoms with Crippen LogP contribution in [0.15, 0.2) is 18.2 Å². The summed E-state index contributed by atoms with van der Waals surface area (Å²) < 4.78 is 30.4.